The molecule has 0 fully saturated rings. The number of sulfonamides is 1. The standard InChI is InChI=1S/C12H21N3O4S/c1-3-15-20(18,19)9-4-5-10(13)11(6-9)14-7-12(2,17)8-16/h4-6,14-17H,3,7-8,13H2,1-2H3. The zero-order valence-corrected chi connectivity index (χ0v) is 12.4. The van der Waals surface area contributed by atoms with Gasteiger partial charge in [-0.1, -0.05) is 6.92 Å². The maximum Gasteiger partial charge on any atom is 0.240 e. The summed E-state index contributed by atoms with van der Waals surface area (Å²) < 4.78 is 26.2. The van der Waals surface area contributed by atoms with Gasteiger partial charge in [0.15, 0.2) is 0 Å². The molecule has 6 N–H and O–H groups in total. The van der Waals surface area contributed by atoms with Crippen LogP contribution in [0.4, 0.5) is 11.4 Å². The Bertz CT molecular complexity index is 558. The first-order chi connectivity index (χ1) is 9.22. The Morgan fingerprint density at radius 2 is 2.05 bits per heavy atom. The Balaban J connectivity index is 2.98. The first kappa shape index (κ1) is 16.7. The fraction of sp³-hybridized carbons (Fsp3) is 0.500. The molecule has 1 aromatic carbocycles. The van der Waals surface area contributed by atoms with E-state index in [9.17, 15) is 13.5 Å². The van der Waals surface area contributed by atoms with E-state index in [-0.39, 0.29) is 18.0 Å². The van der Waals surface area contributed by atoms with Crippen molar-refractivity contribution < 1.29 is 18.6 Å². The van der Waals surface area contributed by atoms with Gasteiger partial charge in [-0.3, -0.25) is 0 Å². The molecule has 0 bridgehead atoms. The molecule has 1 atom stereocenters. The quantitative estimate of drug-likeness (QED) is 0.441. The molecule has 1 aromatic rings. The highest BCUT2D eigenvalue weighted by Gasteiger charge is 2.20. The average Bonchev–Trinajstić information content (AvgIpc) is 2.37. The van der Waals surface area contributed by atoms with Crippen LogP contribution in [0.25, 0.3) is 0 Å². The average molecular weight is 303 g/mol. The van der Waals surface area contributed by atoms with Crippen molar-refractivity contribution in [1.82, 2.24) is 4.72 Å². The van der Waals surface area contributed by atoms with Crippen molar-refractivity contribution in [2.24, 2.45) is 0 Å². The van der Waals surface area contributed by atoms with Crippen LogP contribution < -0.4 is 15.8 Å². The molecule has 0 radical (unpaired) electrons. The van der Waals surface area contributed by atoms with Gasteiger partial charge >= 0.3 is 0 Å². The predicted octanol–water partition coefficient (Wildman–Crippen LogP) is -0.278. The van der Waals surface area contributed by atoms with Crippen LogP contribution in [0.1, 0.15) is 13.8 Å². The van der Waals surface area contributed by atoms with Gasteiger partial charge in [0.2, 0.25) is 10.0 Å². The third-order valence-electron chi connectivity index (χ3n) is 2.67. The van der Waals surface area contributed by atoms with Gasteiger partial charge in [0.1, 0.15) is 5.60 Å². The van der Waals surface area contributed by atoms with Crippen LogP contribution in [0.5, 0.6) is 0 Å². The summed E-state index contributed by atoms with van der Waals surface area (Å²) in [7, 11) is -3.57. The van der Waals surface area contributed by atoms with E-state index in [1.54, 1.807) is 6.92 Å². The lowest BCUT2D eigenvalue weighted by Crippen LogP contribution is -2.37. The molecular formula is C12H21N3O4S. The molecule has 1 unspecified atom stereocenters. The molecule has 0 aliphatic heterocycles. The largest absolute Gasteiger partial charge is 0.397 e. The normalized spacial score (nSPS) is 14.8. The number of nitrogens with two attached hydrogens (primary N) is 1. The van der Waals surface area contributed by atoms with Crippen molar-refractivity contribution in [2.45, 2.75) is 24.3 Å². The number of nitrogen functional groups attached to an aromatic ring is 1. The summed E-state index contributed by atoms with van der Waals surface area (Å²) in [6.07, 6.45) is 0. The third-order valence-corrected chi connectivity index (χ3v) is 4.21. The molecule has 0 saturated heterocycles. The molecule has 8 heteroatoms. The van der Waals surface area contributed by atoms with E-state index in [2.05, 4.69) is 10.0 Å². The molecule has 20 heavy (non-hydrogen) atoms. The Morgan fingerprint density at radius 3 is 2.60 bits per heavy atom. The highest BCUT2D eigenvalue weighted by molar-refractivity contribution is 7.89. The number of rotatable bonds is 7. The van der Waals surface area contributed by atoms with E-state index in [0.717, 1.165) is 0 Å². The second-order valence-electron chi connectivity index (χ2n) is 4.76. The van der Waals surface area contributed by atoms with Crippen molar-refractivity contribution >= 4 is 21.4 Å². The summed E-state index contributed by atoms with van der Waals surface area (Å²) in [6, 6.07) is 4.27. The Labute approximate surface area is 118 Å². The van der Waals surface area contributed by atoms with Gasteiger partial charge in [-0.2, -0.15) is 0 Å². The molecule has 0 aliphatic rings. The minimum Gasteiger partial charge on any atom is -0.397 e. The number of aliphatic hydroxyl groups excluding tert-OH is 1. The number of aliphatic hydroxyl groups is 2. The molecule has 0 aliphatic carbocycles. The van der Waals surface area contributed by atoms with E-state index >= 15 is 0 Å². The number of nitrogens with one attached hydrogen (secondary N) is 2. The number of anilines is 2. The van der Waals surface area contributed by atoms with Crippen molar-refractivity contribution in [3.05, 3.63) is 18.2 Å². The lowest BCUT2D eigenvalue weighted by Gasteiger charge is -2.22. The molecular weight excluding hydrogens is 282 g/mol. The smallest absolute Gasteiger partial charge is 0.240 e. The van der Waals surface area contributed by atoms with Crippen LogP contribution in [0.2, 0.25) is 0 Å². The molecule has 0 amide bonds. The molecule has 0 saturated carbocycles. The first-order valence-corrected chi connectivity index (χ1v) is 7.66. The highest BCUT2D eigenvalue weighted by atomic mass is 32.2. The SMILES string of the molecule is CCNS(=O)(=O)c1ccc(N)c(NCC(C)(O)CO)c1. The van der Waals surface area contributed by atoms with Crippen molar-refractivity contribution in [3.63, 3.8) is 0 Å². The van der Waals surface area contributed by atoms with Gasteiger partial charge in [-0.25, -0.2) is 13.1 Å². The van der Waals surface area contributed by atoms with E-state index in [0.29, 0.717) is 11.4 Å². The molecule has 1 rings (SSSR count). The van der Waals surface area contributed by atoms with Gasteiger partial charge in [-0.05, 0) is 25.1 Å². The van der Waals surface area contributed by atoms with E-state index < -0.39 is 22.2 Å². The first-order valence-electron chi connectivity index (χ1n) is 6.18. The summed E-state index contributed by atoms with van der Waals surface area (Å²) in [6.45, 7) is 3.05. The Morgan fingerprint density at radius 1 is 1.40 bits per heavy atom. The second-order valence-corrected chi connectivity index (χ2v) is 6.53. The summed E-state index contributed by atoms with van der Waals surface area (Å²) >= 11 is 0. The Hall–Kier alpha value is -1.35. The lowest BCUT2D eigenvalue weighted by molar-refractivity contribution is 0.0132. The zero-order valence-electron chi connectivity index (χ0n) is 11.5. The Kier molecular flexibility index (Phi) is 5.35. The highest BCUT2D eigenvalue weighted by Crippen LogP contribution is 2.23. The molecule has 114 valence electrons. The maximum atomic E-state index is 11.9. The van der Waals surface area contributed by atoms with Crippen molar-refractivity contribution in [2.75, 3.05) is 30.7 Å². The zero-order chi connectivity index (χ0) is 15.4. The summed E-state index contributed by atoms with van der Waals surface area (Å²) in [5.41, 5.74) is 5.18. The monoisotopic (exact) mass is 303 g/mol. The maximum absolute atomic E-state index is 11.9. The summed E-state index contributed by atoms with van der Waals surface area (Å²) in [4.78, 5) is 0.0830. The number of hydrogen-bond donors (Lipinski definition) is 5. The minimum atomic E-state index is -3.57. The fourth-order valence-corrected chi connectivity index (χ4v) is 2.54. The van der Waals surface area contributed by atoms with Crippen LogP contribution >= 0.6 is 0 Å². The molecule has 0 aromatic heterocycles. The van der Waals surface area contributed by atoms with Gasteiger partial charge in [0.25, 0.3) is 0 Å². The molecule has 0 spiro atoms. The summed E-state index contributed by atoms with van der Waals surface area (Å²) in [5, 5.41) is 21.5. The second kappa shape index (κ2) is 6.40. The van der Waals surface area contributed by atoms with Crippen LogP contribution in [0, 0.1) is 0 Å². The molecule has 7 nitrogen and oxygen atoms in total. The van der Waals surface area contributed by atoms with Crippen LogP contribution in [0.15, 0.2) is 23.1 Å². The predicted molar refractivity (Wildman–Crippen MR) is 77.9 cm³/mol. The van der Waals surface area contributed by atoms with Gasteiger partial charge in [0, 0.05) is 13.1 Å². The topological polar surface area (TPSA) is 125 Å². The van der Waals surface area contributed by atoms with Gasteiger partial charge in [-0.15, -0.1) is 0 Å². The van der Waals surface area contributed by atoms with Crippen molar-refractivity contribution in [3.8, 4) is 0 Å². The lowest BCUT2D eigenvalue weighted by atomic mass is 10.1. The molecule has 0 heterocycles. The third kappa shape index (κ3) is 4.34. The van der Waals surface area contributed by atoms with E-state index in [1.165, 1.54) is 25.1 Å². The van der Waals surface area contributed by atoms with Crippen LogP contribution in [-0.4, -0.2) is 43.9 Å². The number of benzene rings is 1. The minimum absolute atomic E-state index is 0.0401. The van der Waals surface area contributed by atoms with Crippen LogP contribution in [-0.2, 0) is 10.0 Å². The van der Waals surface area contributed by atoms with Gasteiger partial charge in [0.05, 0.1) is 22.9 Å². The fourth-order valence-electron chi connectivity index (χ4n) is 1.47. The van der Waals surface area contributed by atoms with Crippen LogP contribution in [0.3, 0.4) is 0 Å². The van der Waals surface area contributed by atoms with Gasteiger partial charge < -0.3 is 21.3 Å². The number of hydrogen-bond acceptors (Lipinski definition) is 6. The van der Waals surface area contributed by atoms with E-state index in [4.69, 9.17) is 10.8 Å². The van der Waals surface area contributed by atoms with E-state index in [1.807, 2.05) is 0 Å². The van der Waals surface area contributed by atoms with Crippen molar-refractivity contribution in [1.29, 1.82) is 0 Å². The summed E-state index contributed by atoms with van der Waals surface area (Å²) in [5.74, 6) is 0.